The summed E-state index contributed by atoms with van der Waals surface area (Å²) in [7, 11) is 0. The fourth-order valence-electron chi connectivity index (χ4n) is 2.10. The summed E-state index contributed by atoms with van der Waals surface area (Å²) in [4.78, 5) is 20.5. The van der Waals surface area contributed by atoms with Crippen molar-refractivity contribution in [3.63, 3.8) is 0 Å². The maximum absolute atomic E-state index is 11.8. The molecule has 100 valence electrons. The maximum Gasteiger partial charge on any atom is 0.245 e. The first-order chi connectivity index (χ1) is 9.20. The Bertz CT molecular complexity index is 512. The van der Waals surface area contributed by atoms with E-state index in [-0.39, 0.29) is 11.8 Å². The van der Waals surface area contributed by atoms with E-state index in [1.807, 2.05) is 37.3 Å². The molecule has 1 amide bonds. The number of carbonyl (C=O) groups is 1. The van der Waals surface area contributed by atoms with Gasteiger partial charge in [-0.15, -0.1) is 11.6 Å². The highest BCUT2D eigenvalue weighted by Gasteiger charge is 2.22. The molecule has 0 aromatic heterocycles. The molecule has 19 heavy (non-hydrogen) atoms. The van der Waals surface area contributed by atoms with E-state index >= 15 is 0 Å². The van der Waals surface area contributed by atoms with Gasteiger partial charge in [0.05, 0.1) is 17.3 Å². The molecule has 4 heteroatoms. The number of aliphatic imine (C=N–C) groups is 2. The standard InChI is InChI=1S/C15H17ClN2O/c1-11-10-14(18-15(19)8-4-5-9-16)12-6-2-3-7-13(12)17-11/h2-3,6-7,10,12H,4-5,8-9H2,1H3. The summed E-state index contributed by atoms with van der Waals surface area (Å²) in [6, 6.07) is 0. The van der Waals surface area contributed by atoms with Gasteiger partial charge < -0.3 is 0 Å². The molecule has 0 bridgehead atoms. The van der Waals surface area contributed by atoms with E-state index in [9.17, 15) is 4.79 Å². The molecule has 0 saturated carbocycles. The van der Waals surface area contributed by atoms with Gasteiger partial charge >= 0.3 is 0 Å². The van der Waals surface area contributed by atoms with Crippen LogP contribution in [0.25, 0.3) is 0 Å². The second-order valence-corrected chi connectivity index (χ2v) is 5.00. The highest BCUT2D eigenvalue weighted by atomic mass is 35.5. The average Bonchev–Trinajstić information content (AvgIpc) is 2.39. The Morgan fingerprint density at radius 2 is 2.26 bits per heavy atom. The van der Waals surface area contributed by atoms with Gasteiger partial charge in [-0.1, -0.05) is 18.2 Å². The van der Waals surface area contributed by atoms with Crippen molar-refractivity contribution in [1.82, 2.24) is 0 Å². The Hall–Kier alpha value is -1.48. The Morgan fingerprint density at radius 3 is 3.05 bits per heavy atom. The van der Waals surface area contributed by atoms with Crippen LogP contribution in [0.15, 0.2) is 46.1 Å². The Kier molecular flexibility index (Phi) is 4.86. The van der Waals surface area contributed by atoms with Gasteiger partial charge in [-0.2, -0.15) is 0 Å². The first kappa shape index (κ1) is 13.9. The van der Waals surface area contributed by atoms with Crippen molar-refractivity contribution in [2.75, 3.05) is 5.88 Å². The van der Waals surface area contributed by atoms with Crippen molar-refractivity contribution < 1.29 is 4.79 Å². The number of halogens is 1. The van der Waals surface area contributed by atoms with E-state index in [0.717, 1.165) is 30.0 Å². The molecule has 0 aromatic rings. The van der Waals surface area contributed by atoms with Crippen molar-refractivity contribution in [3.8, 4) is 0 Å². The first-order valence-electron chi connectivity index (χ1n) is 6.50. The van der Waals surface area contributed by atoms with Crippen LogP contribution in [0.3, 0.4) is 0 Å². The van der Waals surface area contributed by atoms with Crippen LogP contribution in [-0.2, 0) is 4.79 Å². The molecule has 3 nitrogen and oxygen atoms in total. The molecule has 1 unspecified atom stereocenters. The van der Waals surface area contributed by atoms with Gasteiger partial charge in [-0.05, 0) is 31.9 Å². The number of unbranched alkanes of at least 4 members (excludes halogenated alkanes) is 1. The van der Waals surface area contributed by atoms with Gasteiger partial charge in [-0.3, -0.25) is 9.79 Å². The van der Waals surface area contributed by atoms with Crippen LogP contribution in [-0.4, -0.2) is 23.2 Å². The number of nitrogens with zero attached hydrogens (tertiary/aromatic N) is 2. The smallest absolute Gasteiger partial charge is 0.245 e. The summed E-state index contributed by atoms with van der Waals surface area (Å²) in [5.41, 5.74) is 2.63. The third kappa shape index (κ3) is 3.74. The van der Waals surface area contributed by atoms with Crippen LogP contribution in [0.1, 0.15) is 26.2 Å². The molecule has 0 radical (unpaired) electrons. The third-order valence-electron chi connectivity index (χ3n) is 3.01. The number of hydrogen-bond acceptors (Lipinski definition) is 2. The molecule has 2 aliphatic rings. The number of hydrogen-bond donors (Lipinski definition) is 0. The Morgan fingerprint density at radius 1 is 1.42 bits per heavy atom. The van der Waals surface area contributed by atoms with Crippen molar-refractivity contribution in [2.45, 2.75) is 26.2 Å². The van der Waals surface area contributed by atoms with Gasteiger partial charge in [0, 0.05) is 18.0 Å². The molecule has 0 saturated heterocycles. The molecule has 1 aliphatic heterocycles. The zero-order chi connectivity index (χ0) is 13.7. The van der Waals surface area contributed by atoms with Crippen LogP contribution in [0.2, 0.25) is 0 Å². The summed E-state index contributed by atoms with van der Waals surface area (Å²) >= 11 is 5.60. The minimum Gasteiger partial charge on any atom is -0.273 e. The lowest BCUT2D eigenvalue weighted by Crippen LogP contribution is -2.25. The topological polar surface area (TPSA) is 41.8 Å². The van der Waals surface area contributed by atoms with Crippen LogP contribution in [0.4, 0.5) is 0 Å². The van der Waals surface area contributed by atoms with E-state index in [1.165, 1.54) is 0 Å². The number of alkyl halides is 1. The van der Waals surface area contributed by atoms with E-state index in [1.54, 1.807) is 0 Å². The van der Waals surface area contributed by atoms with Crippen molar-refractivity contribution in [1.29, 1.82) is 0 Å². The Balaban J connectivity index is 2.11. The highest BCUT2D eigenvalue weighted by Crippen LogP contribution is 2.20. The van der Waals surface area contributed by atoms with Crippen LogP contribution < -0.4 is 0 Å². The Labute approximate surface area is 118 Å². The van der Waals surface area contributed by atoms with E-state index in [4.69, 9.17) is 11.6 Å². The summed E-state index contributed by atoms with van der Waals surface area (Å²) in [5, 5.41) is 0. The zero-order valence-corrected chi connectivity index (χ0v) is 11.7. The monoisotopic (exact) mass is 276 g/mol. The van der Waals surface area contributed by atoms with Gasteiger partial charge in [0.2, 0.25) is 5.91 Å². The lowest BCUT2D eigenvalue weighted by atomic mass is 9.90. The molecule has 2 rings (SSSR count). The zero-order valence-electron chi connectivity index (χ0n) is 11.0. The first-order valence-corrected chi connectivity index (χ1v) is 7.03. The quantitative estimate of drug-likeness (QED) is 0.573. The van der Waals surface area contributed by atoms with Crippen molar-refractivity contribution in [2.24, 2.45) is 15.9 Å². The summed E-state index contributed by atoms with van der Waals surface area (Å²) in [5.74, 6) is 0.537. The average molecular weight is 277 g/mol. The predicted octanol–water partition coefficient (Wildman–Crippen LogP) is 3.46. The fraction of sp³-hybridized carbons (Fsp3) is 0.400. The van der Waals surface area contributed by atoms with Crippen LogP contribution >= 0.6 is 11.6 Å². The maximum atomic E-state index is 11.8. The highest BCUT2D eigenvalue weighted by molar-refractivity contribution is 6.22. The lowest BCUT2D eigenvalue weighted by molar-refractivity contribution is -0.117. The predicted molar refractivity (Wildman–Crippen MR) is 80.0 cm³/mol. The fourth-order valence-corrected chi connectivity index (χ4v) is 2.29. The molecule has 1 aliphatic carbocycles. The lowest BCUT2D eigenvalue weighted by Gasteiger charge is -2.20. The van der Waals surface area contributed by atoms with Crippen molar-refractivity contribution in [3.05, 3.63) is 36.1 Å². The van der Waals surface area contributed by atoms with Gasteiger partial charge in [0.15, 0.2) is 0 Å². The van der Waals surface area contributed by atoms with Gasteiger partial charge in [-0.25, -0.2) is 4.99 Å². The molecule has 1 atom stereocenters. The molecule has 0 fully saturated rings. The van der Waals surface area contributed by atoms with Gasteiger partial charge in [0.25, 0.3) is 0 Å². The second-order valence-electron chi connectivity index (χ2n) is 4.62. The number of carbonyl (C=O) groups excluding carboxylic acids is 1. The molecule has 0 spiro atoms. The van der Waals surface area contributed by atoms with Crippen molar-refractivity contribution >= 4 is 28.9 Å². The van der Waals surface area contributed by atoms with E-state index in [0.29, 0.717) is 12.3 Å². The molecule has 0 aromatic carbocycles. The largest absolute Gasteiger partial charge is 0.273 e. The normalized spacial score (nSPS) is 23.1. The SMILES string of the molecule is CC1=CC(=NC(=O)CCCCCl)C2C=CC=CC2=N1. The molecule has 0 N–H and O–H groups in total. The van der Waals surface area contributed by atoms with E-state index in [2.05, 4.69) is 9.98 Å². The number of rotatable bonds is 4. The summed E-state index contributed by atoms with van der Waals surface area (Å²) < 4.78 is 0. The molecular formula is C15H17ClN2O. The number of allylic oxidation sites excluding steroid dienone is 6. The minimum absolute atomic E-state index is 0.0191. The minimum atomic E-state index is -0.0756. The van der Waals surface area contributed by atoms with Crippen LogP contribution in [0.5, 0.6) is 0 Å². The molecule has 1 heterocycles. The summed E-state index contributed by atoms with van der Waals surface area (Å²) in [6.45, 7) is 1.92. The summed E-state index contributed by atoms with van der Waals surface area (Å²) in [6.07, 6.45) is 11.9. The van der Waals surface area contributed by atoms with Crippen LogP contribution in [0, 0.1) is 5.92 Å². The number of amides is 1. The van der Waals surface area contributed by atoms with E-state index < -0.39 is 0 Å². The number of fused-ring (bicyclic) bond motifs is 1. The molecular weight excluding hydrogens is 260 g/mol. The third-order valence-corrected chi connectivity index (χ3v) is 3.28. The van der Waals surface area contributed by atoms with Gasteiger partial charge in [0.1, 0.15) is 0 Å². The second kappa shape index (κ2) is 6.62.